The molecular weight excluding hydrogens is 278 g/mol. The molecule has 2 aromatic rings. The van der Waals surface area contributed by atoms with E-state index < -0.39 is 12.0 Å². The number of carbonyl (C=O) groups is 1. The van der Waals surface area contributed by atoms with Crippen LogP contribution in [0.1, 0.15) is 10.4 Å². The van der Waals surface area contributed by atoms with E-state index in [1.54, 1.807) is 0 Å². The normalized spacial score (nSPS) is 11.4. The van der Waals surface area contributed by atoms with Gasteiger partial charge in [0.05, 0.1) is 24.8 Å². The average Bonchev–Trinajstić information content (AvgIpc) is 2.98. The highest BCUT2D eigenvalue weighted by molar-refractivity contribution is 5.87. The molecule has 0 aliphatic rings. The van der Waals surface area contributed by atoms with E-state index in [1.807, 2.05) is 0 Å². The van der Waals surface area contributed by atoms with E-state index in [-0.39, 0.29) is 18.7 Å². The van der Waals surface area contributed by atoms with Crippen LogP contribution in [0.25, 0.3) is 10.4 Å². The Labute approximate surface area is 118 Å². The lowest BCUT2D eigenvalue weighted by Crippen LogP contribution is -2.23. The van der Waals surface area contributed by atoms with E-state index in [4.69, 9.17) is 15.4 Å². The Bertz CT molecular complexity index is 634. The molecule has 1 atom stereocenters. The molecule has 1 unspecified atom stereocenters. The molecule has 0 bridgehead atoms. The number of hydrogen-bond donors (Lipinski definition) is 1. The van der Waals surface area contributed by atoms with Gasteiger partial charge in [0, 0.05) is 4.91 Å². The minimum atomic E-state index is -1.01. The molecule has 0 saturated heterocycles. The third-order valence-electron chi connectivity index (χ3n) is 2.52. The van der Waals surface area contributed by atoms with E-state index in [0.717, 1.165) is 0 Å². The largest absolute Gasteiger partial charge is 0.493 e. The Balaban J connectivity index is 1.95. The number of aromatic carboxylic acids is 1. The number of aromatic nitrogens is 4. The smallest absolute Gasteiger partial charge is 0.335 e. The van der Waals surface area contributed by atoms with Gasteiger partial charge in [0.1, 0.15) is 5.75 Å². The predicted molar refractivity (Wildman–Crippen MR) is 69.6 cm³/mol. The summed E-state index contributed by atoms with van der Waals surface area (Å²) in [4.78, 5) is 14.8. The van der Waals surface area contributed by atoms with Gasteiger partial charge in [0.25, 0.3) is 0 Å². The van der Waals surface area contributed by atoms with Crippen LogP contribution in [-0.2, 0) is 6.54 Å². The van der Waals surface area contributed by atoms with Crippen molar-refractivity contribution in [2.24, 2.45) is 5.11 Å². The van der Waals surface area contributed by atoms with Crippen molar-refractivity contribution in [3.63, 3.8) is 0 Å². The first-order valence-electron chi connectivity index (χ1n) is 5.90. The Morgan fingerprint density at radius 1 is 1.48 bits per heavy atom. The molecule has 1 aromatic heterocycles. The fourth-order valence-corrected chi connectivity index (χ4v) is 1.54. The van der Waals surface area contributed by atoms with Crippen LogP contribution in [0.4, 0.5) is 0 Å². The van der Waals surface area contributed by atoms with Crippen molar-refractivity contribution in [1.82, 2.24) is 20.2 Å². The van der Waals surface area contributed by atoms with Crippen LogP contribution in [0, 0.1) is 0 Å². The molecule has 0 aliphatic carbocycles. The van der Waals surface area contributed by atoms with Gasteiger partial charge in [-0.25, -0.2) is 4.79 Å². The Hall–Kier alpha value is -3.13. The van der Waals surface area contributed by atoms with Crippen molar-refractivity contribution in [3.8, 4) is 5.75 Å². The van der Waals surface area contributed by atoms with E-state index in [2.05, 4.69) is 25.4 Å². The van der Waals surface area contributed by atoms with Crippen molar-refractivity contribution in [3.05, 3.63) is 46.6 Å². The highest BCUT2D eigenvalue weighted by atomic mass is 16.5. The lowest BCUT2D eigenvalue weighted by atomic mass is 10.2. The summed E-state index contributed by atoms with van der Waals surface area (Å²) in [6, 6.07) is 5.41. The van der Waals surface area contributed by atoms with Gasteiger partial charge in [-0.2, -0.15) is 4.80 Å². The first-order chi connectivity index (χ1) is 10.2. The van der Waals surface area contributed by atoms with Crippen LogP contribution in [0.3, 0.4) is 0 Å². The number of benzene rings is 1. The monoisotopic (exact) mass is 289 g/mol. The number of nitrogens with zero attached hydrogens (tertiary/aromatic N) is 7. The van der Waals surface area contributed by atoms with Gasteiger partial charge >= 0.3 is 5.97 Å². The number of carboxylic acids is 1. The summed E-state index contributed by atoms with van der Waals surface area (Å²) in [5.41, 5.74) is 8.70. The lowest BCUT2D eigenvalue weighted by molar-refractivity contribution is 0.0697. The summed E-state index contributed by atoms with van der Waals surface area (Å²) < 4.78 is 5.46. The number of rotatable bonds is 7. The molecular formula is C11H11N7O3. The molecule has 10 heteroatoms. The number of tetrazole rings is 1. The Kier molecular flexibility index (Phi) is 4.67. The van der Waals surface area contributed by atoms with Crippen LogP contribution < -0.4 is 4.74 Å². The average molecular weight is 289 g/mol. The molecule has 0 amide bonds. The second-order valence-electron chi connectivity index (χ2n) is 3.99. The van der Waals surface area contributed by atoms with E-state index in [0.29, 0.717) is 5.75 Å². The van der Waals surface area contributed by atoms with Gasteiger partial charge in [-0.05, 0) is 35.0 Å². The zero-order valence-electron chi connectivity index (χ0n) is 10.8. The first-order valence-corrected chi connectivity index (χ1v) is 5.90. The van der Waals surface area contributed by atoms with Crippen molar-refractivity contribution < 1.29 is 14.6 Å². The molecule has 1 heterocycles. The number of azide groups is 1. The fraction of sp³-hybridized carbons (Fsp3) is 0.273. The molecule has 1 aromatic carbocycles. The molecule has 0 spiro atoms. The molecule has 0 fully saturated rings. The third kappa shape index (κ3) is 4.18. The van der Waals surface area contributed by atoms with Gasteiger partial charge < -0.3 is 9.84 Å². The summed E-state index contributed by atoms with van der Waals surface area (Å²) >= 11 is 0. The summed E-state index contributed by atoms with van der Waals surface area (Å²) in [7, 11) is 0. The minimum absolute atomic E-state index is 0.109. The highest BCUT2D eigenvalue weighted by Crippen LogP contribution is 2.13. The summed E-state index contributed by atoms with van der Waals surface area (Å²) in [6.07, 6.45) is 1.28. The van der Waals surface area contributed by atoms with E-state index >= 15 is 0 Å². The Morgan fingerprint density at radius 2 is 2.24 bits per heavy atom. The molecule has 108 valence electrons. The van der Waals surface area contributed by atoms with Gasteiger partial charge in [-0.1, -0.05) is 5.11 Å². The predicted octanol–water partition coefficient (Wildman–Crippen LogP) is 1.13. The SMILES string of the molecule is [N-]=[N+]=NC(COc1ccc(C(=O)O)cc1)Cn1ncnn1. The summed E-state index contributed by atoms with van der Waals surface area (Å²) in [5.74, 6) is -0.532. The topological polar surface area (TPSA) is 139 Å². The van der Waals surface area contributed by atoms with Crippen molar-refractivity contribution in [1.29, 1.82) is 0 Å². The van der Waals surface area contributed by atoms with Crippen molar-refractivity contribution in [2.75, 3.05) is 6.61 Å². The summed E-state index contributed by atoms with van der Waals surface area (Å²) in [5, 5.41) is 23.4. The molecule has 2 rings (SSSR count). The highest BCUT2D eigenvalue weighted by Gasteiger charge is 2.10. The van der Waals surface area contributed by atoms with Gasteiger partial charge in [0.2, 0.25) is 0 Å². The van der Waals surface area contributed by atoms with Crippen molar-refractivity contribution in [2.45, 2.75) is 12.6 Å². The Morgan fingerprint density at radius 3 is 2.81 bits per heavy atom. The molecule has 0 aliphatic heterocycles. The van der Waals surface area contributed by atoms with E-state index in [1.165, 1.54) is 35.4 Å². The standard InChI is InChI=1S/C11H11N7O3/c12-16-15-9(5-18-14-7-13-17-18)6-21-10-3-1-8(2-4-10)11(19)20/h1-4,7,9H,5-6H2,(H,19,20). The number of carboxylic acid groups (broad SMARTS) is 1. The number of hydrogen-bond acceptors (Lipinski definition) is 6. The van der Waals surface area contributed by atoms with Gasteiger partial charge in [0.15, 0.2) is 6.33 Å². The minimum Gasteiger partial charge on any atom is -0.493 e. The molecule has 0 radical (unpaired) electrons. The molecule has 1 N–H and O–H groups in total. The maximum atomic E-state index is 10.7. The third-order valence-corrected chi connectivity index (χ3v) is 2.52. The van der Waals surface area contributed by atoms with Crippen LogP contribution in [0.5, 0.6) is 5.75 Å². The number of ether oxygens (including phenoxy) is 1. The quantitative estimate of drug-likeness (QED) is 0.460. The second kappa shape index (κ2) is 6.87. The van der Waals surface area contributed by atoms with Gasteiger partial charge in [-0.15, -0.1) is 10.2 Å². The maximum Gasteiger partial charge on any atom is 0.335 e. The molecule has 21 heavy (non-hydrogen) atoms. The fourth-order valence-electron chi connectivity index (χ4n) is 1.54. The zero-order chi connectivity index (χ0) is 15.1. The lowest BCUT2D eigenvalue weighted by Gasteiger charge is -2.12. The molecule has 0 saturated carbocycles. The van der Waals surface area contributed by atoms with Crippen LogP contribution in [0.2, 0.25) is 0 Å². The maximum absolute atomic E-state index is 10.7. The summed E-state index contributed by atoms with van der Waals surface area (Å²) in [6.45, 7) is 0.343. The van der Waals surface area contributed by atoms with Crippen LogP contribution >= 0.6 is 0 Å². The second-order valence-corrected chi connectivity index (χ2v) is 3.99. The van der Waals surface area contributed by atoms with Gasteiger partial charge in [-0.3, -0.25) is 0 Å². The zero-order valence-corrected chi connectivity index (χ0v) is 10.8. The van der Waals surface area contributed by atoms with Crippen LogP contribution in [0.15, 0.2) is 35.7 Å². The van der Waals surface area contributed by atoms with Crippen molar-refractivity contribution >= 4 is 5.97 Å². The molecule has 10 nitrogen and oxygen atoms in total. The van der Waals surface area contributed by atoms with E-state index in [9.17, 15) is 4.79 Å². The first kappa shape index (κ1) is 14.3. The van der Waals surface area contributed by atoms with Crippen LogP contribution in [-0.4, -0.2) is 43.9 Å².